The molecule has 1 rings (SSSR count). The van der Waals surface area contributed by atoms with Crippen molar-refractivity contribution in [1.82, 2.24) is 10.2 Å². The molecular weight excluding hydrogens is 200 g/mol. The fourth-order valence-electron chi connectivity index (χ4n) is 2.99. The summed E-state index contributed by atoms with van der Waals surface area (Å²) < 4.78 is 0. The van der Waals surface area contributed by atoms with Gasteiger partial charge >= 0.3 is 0 Å². The third-order valence-corrected chi connectivity index (χ3v) is 3.60. The monoisotopic (exact) mass is 228 g/mol. The van der Waals surface area contributed by atoms with Gasteiger partial charge in [-0.25, -0.2) is 0 Å². The molecule has 1 fully saturated rings. The van der Waals surface area contributed by atoms with Crippen molar-refractivity contribution >= 4 is 0 Å². The highest BCUT2D eigenvalue weighted by molar-refractivity contribution is 4.89. The van der Waals surface area contributed by atoms with E-state index in [1.807, 2.05) is 6.92 Å². The molecule has 1 saturated carbocycles. The molecule has 1 atom stereocenters. The third kappa shape index (κ3) is 4.40. The van der Waals surface area contributed by atoms with Gasteiger partial charge in [0.15, 0.2) is 0 Å². The summed E-state index contributed by atoms with van der Waals surface area (Å²) in [6.45, 7) is 8.12. The minimum atomic E-state index is -0.220. The summed E-state index contributed by atoms with van der Waals surface area (Å²) in [6.07, 6.45) is 5.19. The number of aliphatic hydroxyl groups is 1. The summed E-state index contributed by atoms with van der Waals surface area (Å²) in [7, 11) is 2.12. The maximum Gasteiger partial charge on any atom is 0.0638 e. The van der Waals surface area contributed by atoms with E-state index in [-0.39, 0.29) is 6.10 Å². The zero-order valence-electron chi connectivity index (χ0n) is 11.1. The molecule has 0 aromatic carbocycles. The second-order valence-electron chi connectivity index (χ2n) is 5.53. The first-order chi connectivity index (χ1) is 7.58. The molecule has 0 saturated heterocycles. The number of likely N-dealkylation sites (N-methyl/N-ethyl adjacent to an activating group) is 1. The van der Waals surface area contributed by atoms with Crippen LogP contribution < -0.4 is 5.32 Å². The maximum atomic E-state index is 9.40. The fourth-order valence-corrected chi connectivity index (χ4v) is 2.99. The molecule has 0 radical (unpaired) electrons. The lowest BCUT2D eigenvalue weighted by Crippen LogP contribution is -2.43. The van der Waals surface area contributed by atoms with E-state index in [4.69, 9.17) is 0 Å². The van der Waals surface area contributed by atoms with Crippen LogP contribution in [0.2, 0.25) is 0 Å². The van der Waals surface area contributed by atoms with Gasteiger partial charge in [-0.15, -0.1) is 0 Å². The number of aliphatic hydroxyl groups excluding tert-OH is 1. The predicted octanol–water partition coefficient (Wildman–Crippen LogP) is 1.47. The Balaban J connectivity index is 2.43. The smallest absolute Gasteiger partial charge is 0.0638 e. The molecule has 1 unspecified atom stereocenters. The minimum absolute atomic E-state index is 0.220. The van der Waals surface area contributed by atoms with Gasteiger partial charge < -0.3 is 15.3 Å². The second-order valence-corrected chi connectivity index (χ2v) is 5.53. The Morgan fingerprint density at radius 1 is 1.38 bits per heavy atom. The summed E-state index contributed by atoms with van der Waals surface area (Å²) in [5, 5.41) is 12.9. The van der Waals surface area contributed by atoms with Crippen LogP contribution in [0.25, 0.3) is 0 Å². The summed E-state index contributed by atoms with van der Waals surface area (Å²) in [6, 6.07) is 0. The van der Waals surface area contributed by atoms with Crippen LogP contribution in [0.1, 0.15) is 39.5 Å². The zero-order chi connectivity index (χ0) is 12.0. The van der Waals surface area contributed by atoms with E-state index in [9.17, 15) is 5.11 Å². The number of rotatable bonds is 7. The summed E-state index contributed by atoms with van der Waals surface area (Å²) in [5.74, 6) is 0. The van der Waals surface area contributed by atoms with E-state index in [0.717, 1.165) is 26.2 Å². The van der Waals surface area contributed by atoms with Gasteiger partial charge in [0, 0.05) is 19.6 Å². The highest BCUT2D eigenvalue weighted by Gasteiger charge is 2.34. The predicted molar refractivity (Wildman–Crippen MR) is 68.6 cm³/mol. The molecule has 0 aromatic rings. The zero-order valence-corrected chi connectivity index (χ0v) is 11.1. The third-order valence-electron chi connectivity index (χ3n) is 3.60. The van der Waals surface area contributed by atoms with Crippen LogP contribution in [-0.4, -0.2) is 49.3 Å². The van der Waals surface area contributed by atoms with E-state index in [0.29, 0.717) is 5.41 Å². The van der Waals surface area contributed by atoms with E-state index in [1.165, 1.54) is 25.7 Å². The normalized spacial score (nSPS) is 21.6. The second kappa shape index (κ2) is 6.58. The number of nitrogens with one attached hydrogen (secondary N) is 1. The first-order valence-electron chi connectivity index (χ1n) is 6.65. The Kier molecular flexibility index (Phi) is 5.73. The fraction of sp³-hybridized carbons (Fsp3) is 1.00. The van der Waals surface area contributed by atoms with E-state index < -0.39 is 0 Å². The summed E-state index contributed by atoms with van der Waals surface area (Å²) >= 11 is 0. The van der Waals surface area contributed by atoms with Crippen molar-refractivity contribution in [2.45, 2.75) is 45.6 Å². The molecule has 2 N–H and O–H groups in total. The number of nitrogens with zero attached hydrogens (tertiary/aromatic N) is 1. The van der Waals surface area contributed by atoms with E-state index in [1.54, 1.807) is 0 Å². The standard InChI is InChI=1S/C13H28N2O/c1-4-14-10-13(7-5-6-8-13)11-15(3)9-12(2)16/h12,14,16H,4-11H2,1-3H3. The van der Waals surface area contributed by atoms with Crippen LogP contribution in [0.4, 0.5) is 0 Å². The Morgan fingerprint density at radius 3 is 2.50 bits per heavy atom. The Hall–Kier alpha value is -0.120. The average molecular weight is 228 g/mol. The number of hydrogen-bond donors (Lipinski definition) is 2. The van der Waals surface area contributed by atoms with Gasteiger partial charge in [-0.05, 0) is 38.8 Å². The molecule has 0 amide bonds. The minimum Gasteiger partial charge on any atom is -0.392 e. The van der Waals surface area contributed by atoms with Crippen molar-refractivity contribution in [3.8, 4) is 0 Å². The highest BCUT2D eigenvalue weighted by Crippen LogP contribution is 2.38. The largest absolute Gasteiger partial charge is 0.392 e. The van der Waals surface area contributed by atoms with Crippen LogP contribution in [-0.2, 0) is 0 Å². The van der Waals surface area contributed by atoms with Crippen molar-refractivity contribution in [3.63, 3.8) is 0 Å². The Morgan fingerprint density at radius 2 is 2.00 bits per heavy atom. The lowest BCUT2D eigenvalue weighted by atomic mass is 9.85. The van der Waals surface area contributed by atoms with Crippen molar-refractivity contribution in [2.24, 2.45) is 5.41 Å². The summed E-state index contributed by atoms with van der Waals surface area (Å²) in [5.41, 5.74) is 0.458. The summed E-state index contributed by atoms with van der Waals surface area (Å²) in [4.78, 5) is 2.29. The van der Waals surface area contributed by atoms with Crippen LogP contribution in [0.15, 0.2) is 0 Å². The Labute approximate surface area is 100 Å². The molecule has 0 aliphatic heterocycles. The van der Waals surface area contributed by atoms with Gasteiger partial charge in [0.25, 0.3) is 0 Å². The lowest BCUT2D eigenvalue weighted by molar-refractivity contribution is 0.105. The number of hydrogen-bond acceptors (Lipinski definition) is 3. The highest BCUT2D eigenvalue weighted by atomic mass is 16.3. The van der Waals surface area contributed by atoms with Crippen LogP contribution in [0.5, 0.6) is 0 Å². The molecule has 1 aliphatic rings. The van der Waals surface area contributed by atoms with Gasteiger partial charge in [-0.1, -0.05) is 19.8 Å². The first-order valence-corrected chi connectivity index (χ1v) is 6.65. The SMILES string of the molecule is CCNCC1(CN(C)CC(C)O)CCCC1. The van der Waals surface area contributed by atoms with Crippen molar-refractivity contribution in [2.75, 3.05) is 33.2 Å². The molecular formula is C13H28N2O. The van der Waals surface area contributed by atoms with Gasteiger partial charge in [-0.2, -0.15) is 0 Å². The maximum absolute atomic E-state index is 9.40. The van der Waals surface area contributed by atoms with E-state index >= 15 is 0 Å². The van der Waals surface area contributed by atoms with Gasteiger partial charge in [0.1, 0.15) is 0 Å². The van der Waals surface area contributed by atoms with Crippen molar-refractivity contribution in [1.29, 1.82) is 0 Å². The van der Waals surface area contributed by atoms with Crippen LogP contribution in [0, 0.1) is 5.41 Å². The average Bonchev–Trinajstić information content (AvgIpc) is 2.62. The van der Waals surface area contributed by atoms with Crippen molar-refractivity contribution < 1.29 is 5.11 Å². The first kappa shape index (κ1) is 13.9. The molecule has 1 aliphatic carbocycles. The molecule has 3 heteroatoms. The quantitative estimate of drug-likeness (QED) is 0.692. The molecule has 16 heavy (non-hydrogen) atoms. The van der Waals surface area contributed by atoms with E-state index in [2.05, 4.69) is 24.2 Å². The van der Waals surface area contributed by atoms with Gasteiger partial charge in [0.2, 0.25) is 0 Å². The molecule has 0 bridgehead atoms. The molecule has 3 nitrogen and oxygen atoms in total. The Bertz CT molecular complexity index is 188. The molecule has 0 spiro atoms. The lowest BCUT2D eigenvalue weighted by Gasteiger charge is -2.34. The van der Waals surface area contributed by atoms with Gasteiger partial charge in [0.05, 0.1) is 6.10 Å². The van der Waals surface area contributed by atoms with Gasteiger partial charge in [-0.3, -0.25) is 0 Å². The topological polar surface area (TPSA) is 35.5 Å². The van der Waals surface area contributed by atoms with Crippen LogP contribution >= 0.6 is 0 Å². The molecule has 0 heterocycles. The molecule has 0 aromatic heterocycles. The van der Waals surface area contributed by atoms with Crippen molar-refractivity contribution in [3.05, 3.63) is 0 Å². The van der Waals surface area contributed by atoms with Crippen LogP contribution in [0.3, 0.4) is 0 Å². The molecule has 96 valence electrons.